The largest absolute Gasteiger partial charge is 0.355 e. The highest BCUT2D eigenvalue weighted by atomic mass is 15.3. The smallest absolute Gasteiger partial charge is 0.191 e. The fraction of sp³-hybridized carbons (Fsp3) is 0.941. The van der Waals surface area contributed by atoms with Gasteiger partial charge in [-0.3, -0.25) is 9.89 Å². The molecular formula is C17H36N6. The number of aliphatic imine (C=N–C) groups is 1. The minimum absolute atomic E-state index is 0.554. The average molecular weight is 325 g/mol. The second-order valence-corrected chi connectivity index (χ2v) is 7.11. The van der Waals surface area contributed by atoms with Crippen LogP contribution in [0.15, 0.2) is 4.99 Å². The van der Waals surface area contributed by atoms with E-state index in [0.717, 1.165) is 32.1 Å². The van der Waals surface area contributed by atoms with Crippen LogP contribution in [0.25, 0.3) is 0 Å². The summed E-state index contributed by atoms with van der Waals surface area (Å²) < 4.78 is 0. The minimum Gasteiger partial charge on any atom is -0.355 e. The highest BCUT2D eigenvalue weighted by Gasteiger charge is 2.23. The molecule has 1 atom stereocenters. The summed E-state index contributed by atoms with van der Waals surface area (Å²) in [6.45, 7) is 10.3. The highest BCUT2D eigenvalue weighted by molar-refractivity contribution is 5.80. The van der Waals surface area contributed by atoms with Gasteiger partial charge >= 0.3 is 0 Å². The molecule has 0 aliphatic carbocycles. The van der Waals surface area contributed by atoms with Crippen molar-refractivity contribution in [1.82, 2.24) is 25.3 Å². The van der Waals surface area contributed by atoms with Crippen molar-refractivity contribution < 1.29 is 0 Å². The van der Waals surface area contributed by atoms with Gasteiger partial charge in [0.15, 0.2) is 5.96 Å². The minimum atomic E-state index is 0.554. The second-order valence-electron chi connectivity index (χ2n) is 7.11. The number of piperazine rings is 1. The Balaban J connectivity index is 1.71. The highest BCUT2D eigenvalue weighted by Crippen LogP contribution is 2.10. The summed E-state index contributed by atoms with van der Waals surface area (Å²) in [5, 5.41) is 7.14. The lowest BCUT2D eigenvalue weighted by Crippen LogP contribution is -2.56. The monoisotopic (exact) mass is 324 g/mol. The van der Waals surface area contributed by atoms with Crippen molar-refractivity contribution in [2.75, 3.05) is 67.0 Å². The van der Waals surface area contributed by atoms with E-state index in [4.69, 9.17) is 0 Å². The van der Waals surface area contributed by atoms with Crippen LogP contribution in [-0.4, -0.2) is 99.7 Å². The fourth-order valence-corrected chi connectivity index (χ4v) is 3.54. The molecule has 6 nitrogen and oxygen atoms in total. The quantitative estimate of drug-likeness (QED) is 0.562. The van der Waals surface area contributed by atoms with Gasteiger partial charge in [0.1, 0.15) is 0 Å². The van der Waals surface area contributed by atoms with Gasteiger partial charge < -0.3 is 20.4 Å². The molecule has 0 amide bonds. The van der Waals surface area contributed by atoms with E-state index in [1.165, 1.54) is 38.9 Å². The maximum absolute atomic E-state index is 4.41. The Morgan fingerprint density at radius 3 is 2.52 bits per heavy atom. The van der Waals surface area contributed by atoms with Gasteiger partial charge in [-0.2, -0.15) is 0 Å². The van der Waals surface area contributed by atoms with Crippen molar-refractivity contribution in [2.24, 2.45) is 4.99 Å². The molecule has 0 aromatic heterocycles. The van der Waals surface area contributed by atoms with Crippen molar-refractivity contribution in [3.05, 3.63) is 0 Å². The molecule has 2 fully saturated rings. The predicted octanol–water partition coefficient (Wildman–Crippen LogP) is 0.272. The normalized spacial score (nSPS) is 26.4. The Hall–Kier alpha value is -0.850. The molecule has 2 rings (SSSR count). The number of nitrogens with one attached hydrogen (secondary N) is 2. The van der Waals surface area contributed by atoms with E-state index in [1.807, 2.05) is 7.05 Å². The van der Waals surface area contributed by atoms with Crippen LogP contribution in [0.4, 0.5) is 0 Å². The van der Waals surface area contributed by atoms with E-state index in [0.29, 0.717) is 12.1 Å². The van der Waals surface area contributed by atoms with E-state index >= 15 is 0 Å². The van der Waals surface area contributed by atoms with Gasteiger partial charge in [-0.25, -0.2) is 0 Å². The maximum atomic E-state index is 4.41. The third-order valence-electron chi connectivity index (χ3n) is 5.18. The fourth-order valence-electron chi connectivity index (χ4n) is 3.54. The molecule has 134 valence electrons. The summed E-state index contributed by atoms with van der Waals surface area (Å²) >= 11 is 0. The van der Waals surface area contributed by atoms with Gasteiger partial charge in [-0.05, 0) is 39.9 Å². The summed E-state index contributed by atoms with van der Waals surface area (Å²) in [5.74, 6) is 0.959. The predicted molar refractivity (Wildman–Crippen MR) is 98.2 cm³/mol. The summed E-state index contributed by atoms with van der Waals surface area (Å²) in [6.07, 6.45) is 3.68. The van der Waals surface area contributed by atoms with Crippen LogP contribution in [0.1, 0.15) is 26.2 Å². The molecule has 0 radical (unpaired) electrons. The number of likely N-dealkylation sites (N-methyl/N-ethyl adjacent to an activating group) is 2. The number of likely N-dealkylation sites (tertiary alicyclic amines) is 1. The number of piperidine rings is 1. The Morgan fingerprint density at radius 1 is 1.13 bits per heavy atom. The maximum Gasteiger partial charge on any atom is 0.191 e. The summed E-state index contributed by atoms with van der Waals surface area (Å²) in [6, 6.07) is 1.11. The van der Waals surface area contributed by atoms with Gasteiger partial charge in [0, 0.05) is 58.4 Å². The molecule has 6 heteroatoms. The van der Waals surface area contributed by atoms with Crippen LogP contribution in [0.3, 0.4) is 0 Å². The summed E-state index contributed by atoms with van der Waals surface area (Å²) in [7, 11) is 6.30. The average Bonchev–Trinajstić information content (AvgIpc) is 2.56. The molecule has 1 unspecified atom stereocenters. The van der Waals surface area contributed by atoms with Crippen LogP contribution < -0.4 is 10.6 Å². The SMILES string of the molecule is CCCN1CCC(NC(=NC)NCC2CN(C)CCN2C)CC1. The van der Waals surface area contributed by atoms with Crippen LogP contribution >= 0.6 is 0 Å². The first-order valence-corrected chi connectivity index (χ1v) is 9.20. The van der Waals surface area contributed by atoms with Crippen molar-refractivity contribution in [3.63, 3.8) is 0 Å². The molecule has 23 heavy (non-hydrogen) atoms. The third-order valence-corrected chi connectivity index (χ3v) is 5.18. The molecule has 0 bridgehead atoms. The van der Waals surface area contributed by atoms with Gasteiger partial charge in [-0.1, -0.05) is 6.92 Å². The zero-order valence-electron chi connectivity index (χ0n) is 15.5. The van der Waals surface area contributed by atoms with Crippen LogP contribution in [0, 0.1) is 0 Å². The summed E-state index contributed by atoms with van der Waals surface area (Å²) in [4.78, 5) is 11.8. The zero-order valence-corrected chi connectivity index (χ0v) is 15.5. The molecule has 2 heterocycles. The standard InChI is InChI=1S/C17H36N6/c1-5-8-23-9-6-15(7-10-23)20-17(18-2)19-13-16-14-21(3)11-12-22(16)4/h15-16H,5-14H2,1-4H3,(H2,18,19,20). The van der Waals surface area contributed by atoms with Crippen LogP contribution in [0.2, 0.25) is 0 Å². The summed E-state index contributed by atoms with van der Waals surface area (Å²) in [5.41, 5.74) is 0. The first-order valence-electron chi connectivity index (χ1n) is 9.20. The number of hydrogen-bond donors (Lipinski definition) is 2. The van der Waals surface area contributed by atoms with Crippen molar-refractivity contribution >= 4 is 5.96 Å². The second kappa shape index (κ2) is 9.45. The lowest BCUT2D eigenvalue weighted by molar-refractivity contribution is 0.116. The first kappa shape index (κ1) is 18.5. The Bertz CT molecular complexity index is 364. The molecule has 2 aliphatic rings. The Labute approximate surface area is 142 Å². The first-order chi connectivity index (χ1) is 11.1. The molecule has 2 saturated heterocycles. The van der Waals surface area contributed by atoms with E-state index in [1.54, 1.807) is 0 Å². The van der Waals surface area contributed by atoms with Gasteiger partial charge in [-0.15, -0.1) is 0 Å². The van der Waals surface area contributed by atoms with E-state index in [2.05, 4.69) is 51.3 Å². The number of hydrogen-bond acceptors (Lipinski definition) is 4. The number of rotatable bonds is 5. The van der Waals surface area contributed by atoms with Gasteiger partial charge in [0.05, 0.1) is 0 Å². The molecule has 0 spiro atoms. The molecule has 0 aromatic rings. The topological polar surface area (TPSA) is 46.1 Å². The van der Waals surface area contributed by atoms with Crippen molar-refractivity contribution in [3.8, 4) is 0 Å². The molecular weight excluding hydrogens is 288 g/mol. The van der Waals surface area contributed by atoms with E-state index in [-0.39, 0.29) is 0 Å². The van der Waals surface area contributed by atoms with E-state index in [9.17, 15) is 0 Å². The molecule has 2 aliphatic heterocycles. The van der Waals surface area contributed by atoms with Crippen molar-refractivity contribution in [2.45, 2.75) is 38.3 Å². The van der Waals surface area contributed by atoms with Crippen LogP contribution in [0.5, 0.6) is 0 Å². The number of nitrogens with zero attached hydrogens (tertiary/aromatic N) is 4. The Morgan fingerprint density at radius 2 is 1.87 bits per heavy atom. The lowest BCUT2D eigenvalue weighted by atomic mass is 10.1. The van der Waals surface area contributed by atoms with Gasteiger partial charge in [0.25, 0.3) is 0 Å². The van der Waals surface area contributed by atoms with Gasteiger partial charge in [0.2, 0.25) is 0 Å². The Kier molecular flexibility index (Phi) is 7.59. The zero-order chi connectivity index (χ0) is 16.7. The third kappa shape index (κ3) is 5.94. The number of guanidine groups is 1. The van der Waals surface area contributed by atoms with Crippen molar-refractivity contribution in [1.29, 1.82) is 0 Å². The molecule has 0 aromatic carbocycles. The van der Waals surface area contributed by atoms with Crippen LogP contribution in [-0.2, 0) is 0 Å². The molecule has 2 N–H and O–H groups in total. The lowest BCUT2D eigenvalue weighted by Gasteiger charge is -2.38. The molecule has 0 saturated carbocycles. The van der Waals surface area contributed by atoms with E-state index < -0.39 is 0 Å².